The maximum absolute atomic E-state index is 11.7. The Morgan fingerprint density at radius 3 is 2.28 bits per heavy atom. The zero-order valence-corrected chi connectivity index (χ0v) is 17.9. The van der Waals surface area contributed by atoms with Gasteiger partial charge in [-0.2, -0.15) is 0 Å². The lowest BCUT2D eigenvalue weighted by Gasteiger charge is -2.22. The van der Waals surface area contributed by atoms with Gasteiger partial charge < -0.3 is 24.6 Å². The number of ether oxygens (including phenoxy) is 2. The molecule has 0 saturated heterocycles. The fraction of sp³-hybridized carbons (Fsp3) is 0.529. The van der Waals surface area contributed by atoms with E-state index in [-0.39, 0.29) is 36.4 Å². The monoisotopic (exact) mass is 464 g/mol. The smallest absolute Gasteiger partial charge is 0.243 e. The number of hydrogen-bond donors (Lipinski definition) is 1. The molecule has 0 saturated carbocycles. The maximum Gasteiger partial charge on any atom is 0.243 e. The number of carbonyl (C=O) groups is 1. The summed E-state index contributed by atoms with van der Waals surface area (Å²) in [4.78, 5) is 19.5. The van der Waals surface area contributed by atoms with Crippen LogP contribution in [0.1, 0.15) is 6.92 Å². The number of halogens is 1. The highest BCUT2D eigenvalue weighted by Crippen LogP contribution is 2.16. The van der Waals surface area contributed by atoms with E-state index in [0.29, 0.717) is 19.1 Å². The highest BCUT2D eigenvalue weighted by Gasteiger charge is 2.08. The number of nitrogens with one attached hydrogen (secondary N) is 1. The van der Waals surface area contributed by atoms with Gasteiger partial charge in [0.25, 0.3) is 0 Å². The molecule has 0 heterocycles. The number of rotatable bonds is 8. The second-order valence-corrected chi connectivity index (χ2v) is 5.40. The molecular formula is C17H29IN4O3. The molecule has 1 rings (SSSR count). The maximum atomic E-state index is 11.7. The minimum absolute atomic E-state index is 0. The number of amides is 1. The predicted octanol–water partition coefficient (Wildman–Crippen LogP) is 1.68. The zero-order valence-electron chi connectivity index (χ0n) is 15.6. The van der Waals surface area contributed by atoms with Crippen LogP contribution < -0.4 is 14.8 Å². The molecule has 1 aromatic carbocycles. The summed E-state index contributed by atoms with van der Waals surface area (Å²) in [7, 11) is 6.99. The minimum Gasteiger partial charge on any atom is -0.497 e. The molecule has 1 aromatic rings. The second kappa shape index (κ2) is 12.6. The van der Waals surface area contributed by atoms with Crippen molar-refractivity contribution in [1.29, 1.82) is 0 Å². The molecule has 0 aliphatic rings. The topological polar surface area (TPSA) is 66.4 Å². The van der Waals surface area contributed by atoms with E-state index in [4.69, 9.17) is 9.47 Å². The van der Waals surface area contributed by atoms with Gasteiger partial charge >= 0.3 is 0 Å². The molecule has 25 heavy (non-hydrogen) atoms. The van der Waals surface area contributed by atoms with E-state index < -0.39 is 0 Å². The number of benzene rings is 1. The third kappa shape index (κ3) is 8.80. The van der Waals surface area contributed by atoms with Crippen molar-refractivity contribution in [3.63, 3.8) is 0 Å². The standard InChI is InChI=1S/C17H28N4O3.HI/c1-6-18-17(19-13-16(22)20(2)3)21(4)11-12-24-15-9-7-14(23-5)8-10-15;/h7-10H,6,11-13H2,1-5H3,(H,18,19);1H. The van der Waals surface area contributed by atoms with Gasteiger partial charge in [-0.3, -0.25) is 4.79 Å². The van der Waals surface area contributed by atoms with E-state index in [9.17, 15) is 4.79 Å². The molecular weight excluding hydrogens is 435 g/mol. The molecule has 142 valence electrons. The minimum atomic E-state index is -0.0340. The Balaban J connectivity index is 0.00000576. The average Bonchev–Trinajstić information content (AvgIpc) is 2.58. The number of hydrogen-bond acceptors (Lipinski definition) is 4. The predicted molar refractivity (Wildman–Crippen MR) is 111 cm³/mol. The third-order valence-corrected chi connectivity index (χ3v) is 3.31. The largest absolute Gasteiger partial charge is 0.497 e. The van der Waals surface area contributed by atoms with Crippen LogP contribution in [-0.4, -0.2) is 76.2 Å². The quantitative estimate of drug-likeness (QED) is 0.361. The van der Waals surface area contributed by atoms with Crippen LogP contribution in [0.25, 0.3) is 0 Å². The molecule has 0 atom stereocenters. The van der Waals surface area contributed by atoms with Crippen molar-refractivity contribution in [3.05, 3.63) is 24.3 Å². The first-order valence-corrected chi connectivity index (χ1v) is 7.94. The Morgan fingerprint density at radius 2 is 1.76 bits per heavy atom. The van der Waals surface area contributed by atoms with Gasteiger partial charge in [0.15, 0.2) is 5.96 Å². The number of methoxy groups -OCH3 is 1. The normalized spacial score (nSPS) is 10.5. The van der Waals surface area contributed by atoms with Gasteiger partial charge in [-0.05, 0) is 31.2 Å². The molecule has 0 aliphatic carbocycles. The molecule has 1 amide bonds. The molecule has 7 nitrogen and oxygen atoms in total. The van der Waals surface area contributed by atoms with Crippen molar-refractivity contribution in [3.8, 4) is 11.5 Å². The Bertz CT molecular complexity index is 535. The van der Waals surface area contributed by atoms with Crippen LogP contribution in [0.2, 0.25) is 0 Å². The van der Waals surface area contributed by atoms with Crippen LogP contribution in [0, 0.1) is 0 Å². The van der Waals surface area contributed by atoms with E-state index in [1.54, 1.807) is 21.2 Å². The van der Waals surface area contributed by atoms with Crippen molar-refractivity contribution in [1.82, 2.24) is 15.1 Å². The van der Waals surface area contributed by atoms with E-state index in [2.05, 4.69) is 10.3 Å². The highest BCUT2D eigenvalue weighted by molar-refractivity contribution is 14.0. The van der Waals surface area contributed by atoms with Crippen molar-refractivity contribution in [2.75, 3.05) is 54.5 Å². The fourth-order valence-corrected chi connectivity index (χ4v) is 1.83. The van der Waals surface area contributed by atoms with Gasteiger partial charge in [0.05, 0.1) is 13.7 Å². The van der Waals surface area contributed by atoms with Gasteiger partial charge in [-0.15, -0.1) is 24.0 Å². The van der Waals surface area contributed by atoms with E-state index in [1.165, 1.54) is 4.90 Å². The molecule has 0 aromatic heterocycles. The van der Waals surface area contributed by atoms with E-state index in [1.807, 2.05) is 43.1 Å². The van der Waals surface area contributed by atoms with Gasteiger partial charge in [0.1, 0.15) is 24.7 Å². The van der Waals surface area contributed by atoms with E-state index in [0.717, 1.165) is 18.0 Å². The fourth-order valence-electron chi connectivity index (χ4n) is 1.83. The second-order valence-electron chi connectivity index (χ2n) is 5.40. The first-order valence-electron chi connectivity index (χ1n) is 7.94. The van der Waals surface area contributed by atoms with Crippen molar-refractivity contribution >= 4 is 35.8 Å². The molecule has 1 N–H and O–H groups in total. The van der Waals surface area contributed by atoms with Gasteiger partial charge in [0, 0.05) is 27.7 Å². The highest BCUT2D eigenvalue weighted by atomic mass is 127. The van der Waals surface area contributed by atoms with Crippen molar-refractivity contribution < 1.29 is 14.3 Å². The number of likely N-dealkylation sites (N-methyl/N-ethyl adjacent to an activating group) is 2. The molecule has 0 fully saturated rings. The summed E-state index contributed by atoms with van der Waals surface area (Å²) in [5.74, 6) is 2.24. The summed E-state index contributed by atoms with van der Waals surface area (Å²) < 4.78 is 10.8. The first kappa shape index (κ1) is 23.3. The summed E-state index contributed by atoms with van der Waals surface area (Å²) in [5.41, 5.74) is 0. The van der Waals surface area contributed by atoms with Crippen LogP contribution in [0.15, 0.2) is 29.3 Å². The number of carbonyl (C=O) groups excluding carboxylic acids is 1. The molecule has 0 bridgehead atoms. The Kier molecular flexibility index (Phi) is 11.8. The zero-order chi connectivity index (χ0) is 17.9. The van der Waals surface area contributed by atoms with Gasteiger partial charge in [-0.25, -0.2) is 4.99 Å². The lowest BCUT2D eigenvalue weighted by atomic mass is 10.3. The summed E-state index contributed by atoms with van der Waals surface area (Å²) in [5, 5.41) is 3.17. The summed E-state index contributed by atoms with van der Waals surface area (Å²) in [6, 6.07) is 7.45. The van der Waals surface area contributed by atoms with Crippen LogP contribution in [0.3, 0.4) is 0 Å². The Hall–Kier alpha value is -1.71. The average molecular weight is 464 g/mol. The molecule has 0 radical (unpaired) electrons. The van der Waals surface area contributed by atoms with Gasteiger partial charge in [0.2, 0.25) is 5.91 Å². The first-order chi connectivity index (χ1) is 11.5. The number of aliphatic imine (C=N–C) groups is 1. The summed E-state index contributed by atoms with van der Waals surface area (Å²) in [6.07, 6.45) is 0. The molecule has 8 heteroatoms. The van der Waals surface area contributed by atoms with Crippen LogP contribution in [-0.2, 0) is 4.79 Å². The third-order valence-electron chi connectivity index (χ3n) is 3.31. The summed E-state index contributed by atoms with van der Waals surface area (Å²) in [6.45, 7) is 4.01. The Morgan fingerprint density at radius 1 is 1.16 bits per heavy atom. The van der Waals surface area contributed by atoms with Crippen molar-refractivity contribution in [2.45, 2.75) is 6.92 Å². The summed E-state index contributed by atoms with van der Waals surface area (Å²) >= 11 is 0. The van der Waals surface area contributed by atoms with Crippen LogP contribution >= 0.6 is 24.0 Å². The molecule has 0 aliphatic heterocycles. The van der Waals surface area contributed by atoms with E-state index >= 15 is 0 Å². The van der Waals surface area contributed by atoms with Crippen LogP contribution in [0.4, 0.5) is 0 Å². The lowest BCUT2D eigenvalue weighted by molar-refractivity contribution is -0.127. The van der Waals surface area contributed by atoms with Crippen molar-refractivity contribution in [2.24, 2.45) is 4.99 Å². The van der Waals surface area contributed by atoms with Crippen LogP contribution in [0.5, 0.6) is 11.5 Å². The number of nitrogens with zero attached hydrogens (tertiary/aromatic N) is 3. The number of guanidine groups is 1. The van der Waals surface area contributed by atoms with Gasteiger partial charge in [-0.1, -0.05) is 0 Å². The molecule has 0 unspecified atom stereocenters. The lowest BCUT2D eigenvalue weighted by Crippen LogP contribution is -2.41. The Labute approximate surface area is 167 Å². The SMILES string of the molecule is CCNC(=NCC(=O)N(C)C)N(C)CCOc1ccc(OC)cc1.I. The molecule has 0 spiro atoms.